The highest BCUT2D eigenvalue weighted by molar-refractivity contribution is 6.11. The molecule has 2 fully saturated rings. The lowest BCUT2D eigenvalue weighted by Crippen LogP contribution is -2.49. The predicted molar refractivity (Wildman–Crippen MR) is 127 cm³/mol. The van der Waals surface area contributed by atoms with E-state index in [9.17, 15) is 4.79 Å². The number of hydrogen-bond donors (Lipinski definition) is 0. The van der Waals surface area contributed by atoms with Gasteiger partial charge < -0.3 is 19.1 Å². The molecule has 1 amide bonds. The number of aromatic nitrogens is 2. The van der Waals surface area contributed by atoms with Gasteiger partial charge in [0.2, 0.25) is 0 Å². The lowest BCUT2D eigenvalue weighted by Gasteiger charge is -2.35. The summed E-state index contributed by atoms with van der Waals surface area (Å²) in [6.07, 6.45) is 6.72. The summed E-state index contributed by atoms with van der Waals surface area (Å²) in [4.78, 5) is 26.5. The van der Waals surface area contributed by atoms with Gasteiger partial charge in [-0.1, -0.05) is 6.08 Å². The smallest absolute Gasteiger partial charge is 0.254 e. The molecule has 0 atom stereocenters. The zero-order valence-electron chi connectivity index (χ0n) is 19.5. The van der Waals surface area contributed by atoms with Gasteiger partial charge in [0.1, 0.15) is 17.1 Å². The summed E-state index contributed by atoms with van der Waals surface area (Å²) >= 11 is 0. The van der Waals surface area contributed by atoms with Crippen LogP contribution in [0.25, 0.3) is 16.7 Å². The van der Waals surface area contributed by atoms with Crippen LogP contribution in [0.15, 0.2) is 34.9 Å². The van der Waals surface area contributed by atoms with Gasteiger partial charge in [-0.05, 0) is 43.9 Å². The number of imidazole rings is 1. The molecular weight excluding hydrogens is 416 g/mol. The molecule has 3 aliphatic rings. The third-order valence-corrected chi connectivity index (χ3v) is 6.74. The summed E-state index contributed by atoms with van der Waals surface area (Å²) in [5.41, 5.74) is 4.19. The van der Waals surface area contributed by atoms with Gasteiger partial charge in [0.25, 0.3) is 5.91 Å². The molecule has 0 spiro atoms. The number of benzene rings is 1. The van der Waals surface area contributed by atoms with E-state index >= 15 is 0 Å². The predicted octanol–water partition coefficient (Wildman–Crippen LogP) is 3.22. The Balaban J connectivity index is 1.57. The van der Waals surface area contributed by atoms with Crippen molar-refractivity contribution in [1.29, 1.82) is 5.26 Å². The molecule has 1 saturated heterocycles. The minimum absolute atomic E-state index is 0.0805. The number of rotatable bonds is 5. The summed E-state index contributed by atoms with van der Waals surface area (Å²) in [6, 6.07) is 5.82. The van der Waals surface area contributed by atoms with Crippen molar-refractivity contribution in [2.75, 3.05) is 33.8 Å². The monoisotopic (exact) mass is 444 g/mol. The standard InChI is InChI=1S/C25H28N6O2/c1-5-17-9-20(31(23(17)27-2)14-15-6-7-15)24-28-19-8-18(10-21(33-4)22(19)29(24)3)25(32)30-12-16(11-26)13-30/h5,8-10,15-16H,6-7,12-14H2,1-4H3/b17-5-,27-23?. The number of carbonyl (C=O) groups excluding carboxylic acids is 1. The van der Waals surface area contributed by atoms with Gasteiger partial charge in [-0.3, -0.25) is 9.79 Å². The van der Waals surface area contributed by atoms with Gasteiger partial charge in [0, 0.05) is 44.9 Å². The number of hydrogen-bond acceptors (Lipinski definition) is 5. The molecule has 170 valence electrons. The van der Waals surface area contributed by atoms with E-state index in [1.54, 1.807) is 18.1 Å². The largest absolute Gasteiger partial charge is 0.494 e. The Morgan fingerprint density at radius 1 is 1.36 bits per heavy atom. The number of nitrogens with zero attached hydrogens (tertiary/aromatic N) is 6. The molecule has 1 aromatic heterocycles. The van der Waals surface area contributed by atoms with Crippen LogP contribution in [0.4, 0.5) is 0 Å². The van der Waals surface area contributed by atoms with Gasteiger partial charge in [-0.2, -0.15) is 5.26 Å². The van der Waals surface area contributed by atoms with Crippen LogP contribution in [-0.4, -0.2) is 64.9 Å². The van der Waals surface area contributed by atoms with Crippen molar-refractivity contribution in [1.82, 2.24) is 19.4 Å². The zero-order valence-corrected chi connectivity index (χ0v) is 19.5. The molecule has 1 aromatic carbocycles. The van der Waals surface area contributed by atoms with E-state index in [-0.39, 0.29) is 11.8 Å². The molecule has 1 aliphatic carbocycles. The summed E-state index contributed by atoms with van der Waals surface area (Å²) < 4.78 is 7.72. The highest BCUT2D eigenvalue weighted by Gasteiger charge is 2.35. The zero-order chi connectivity index (χ0) is 23.3. The van der Waals surface area contributed by atoms with E-state index in [2.05, 4.69) is 28.1 Å². The highest BCUT2D eigenvalue weighted by atomic mass is 16.5. The second-order valence-corrected chi connectivity index (χ2v) is 8.95. The van der Waals surface area contributed by atoms with E-state index in [0.29, 0.717) is 35.8 Å². The van der Waals surface area contributed by atoms with Gasteiger partial charge in [0.05, 0.1) is 30.3 Å². The lowest BCUT2D eigenvalue weighted by atomic mass is 10.0. The summed E-state index contributed by atoms with van der Waals surface area (Å²) in [6.45, 7) is 3.89. The number of methoxy groups -OCH3 is 1. The summed E-state index contributed by atoms with van der Waals surface area (Å²) in [5.74, 6) is 2.91. The number of likely N-dealkylation sites (tertiary alicyclic amines) is 1. The topological polar surface area (TPSA) is 86.8 Å². The van der Waals surface area contributed by atoms with Crippen molar-refractivity contribution in [3.8, 4) is 11.8 Å². The van der Waals surface area contributed by atoms with Gasteiger partial charge in [-0.25, -0.2) is 4.98 Å². The SMILES string of the molecule is C/C=C1/C=C(c2nc3cc(C(=O)N4CC(C#N)C4)cc(OC)c3n2C)N(CC2CC2)C1=NC. The van der Waals surface area contributed by atoms with Crippen LogP contribution in [0.5, 0.6) is 5.75 Å². The number of allylic oxidation sites excluding steroid dienone is 1. The Morgan fingerprint density at radius 2 is 2.12 bits per heavy atom. The van der Waals surface area contributed by atoms with E-state index in [1.807, 2.05) is 31.7 Å². The Kier molecular flexibility index (Phi) is 5.20. The minimum atomic E-state index is -0.0963. The third kappa shape index (κ3) is 3.48. The second kappa shape index (κ2) is 8.07. The number of fused-ring (bicyclic) bond motifs is 1. The Morgan fingerprint density at radius 3 is 2.73 bits per heavy atom. The van der Waals surface area contributed by atoms with E-state index in [4.69, 9.17) is 15.0 Å². The third-order valence-electron chi connectivity index (χ3n) is 6.74. The van der Waals surface area contributed by atoms with Crippen molar-refractivity contribution >= 4 is 28.5 Å². The maximum Gasteiger partial charge on any atom is 0.254 e. The average molecular weight is 445 g/mol. The van der Waals surface area contributed by atoms with E-state index in [0.717, 1.165) is 35.0 Å². The van der Waals surface area contributed by atoms with Crippen LogP contribution in [0.1, 0.15) is 35.9 Å². The first-order valence-electron chi connectivity index (χ1n) is 11.4. The highest BCUT2D eigenvalue weighted by Crippen LogP contribution is 2.38. The Hall–Kier alpha value is -3.60. The molecule has 0 bridgehead atoms. The van der Waals surface area contributed by atoms with Crippen molar-refractivity contribution in [3.63, 3.8) is 0 Å². The maximum atomic E-state index is 13.0. The van der Waals surface area contributed by atoms with Gasteiger partial charge in [-0.15, -0.1) is 0 Å². The van der Waals surface area contributed by atoms with E-state index < -0.39 is 0 Å². The number of amides is 1. The normalized spacial score (nSPS) is 21.0. The molecule has 5 rings (SSSR count). The number of aliphatic imine (C=N–C) groups is 1. The fourth-order valence-electron chi connectivity index (χ4n) is 4.68. The van der Waals surface area contributed by atoms with Gasteiger partial charge in [0.15, 0.2) is 5.82 Å². The lowest BCUT2D eigenvalue weighted by molar-refractivity contribution is 0.0577. The van der Waals surface area contributed by atoms with Crippen LogP contribution in [0, 0.1) is 23.2 Å². The van der Waals surface area contributed by atoms with Gasteiger partial charge >= 0.3 is 0 Å². The van der Waals surface area contributed by atoms with Crippen LogP contribution >= 0.6 is 0 Å². The first-order valence-corrected chi connectivity index (χ1v) is 11.4. The van der Waals surface area contributed by atoms with Crippen LogP contribution in [0.3, 0.4) is 0 Å². The number of nitriles is 1. The molecular formula is C25H28N6O2. The molecule has 0 unspecified atom stereocenters. The van der Waals surface area contributed by atoms with Crippen molar-refractivity contribution in [3.05, 3.63) is 41.2 Å². The quantitative estimate of drug-likeness (QED) is 0.707. The summed E-state index contributed by atoms with van der Waals surface area (Å²) in [7, 11) is 5.42. The molecule has 8 nitrogen and oxygen atoms in total. The maximum absolute atomic E-state index is 13.0. The first-order chi connectivity index (χ1) is 16.0. The average Bonchev–Trinajstić information content (AvgIpc) is 3.46. The fraction of sp³-hybridized carbons (Fsp3) is 0.440. The molecule has 0 radical (unpaired) electrons. The van der Waals surface area contributed by atoms with E-state index in [1.165, 1.54) is 12.8 Å². The fourth-order valence-corrected chi connectivity index (χ4v) is 4.68. The summed E-state index contributed by atoms with van der Waals surface area (Å²) in [5, 5.41) is 9.03. The van der Waals surface area contributed by atoms with Crippen LogP contribution in [0.2, 0.25) is 0 Å². The second-order valence-electron chi connectivity index (χ2n) is 8.95. The number of carbonyl (C=O) groups is 1. The molecule has 33 heavy (non-hydrogen) atoms. The van der Waals surface area contributed by atoms with Crippen LogP contribution in [-0.2, 0) is 7.05 Å². The molecule has 1 saturated carbocycles. The number of aryl methyl sites for hydroxylation is 1. The molecule has 3 heterocycles. The number of ether oxygens (including phenoxy) is 1. The Labute approximate surface area is 193 Å². The Bertz CT molecular complexity index is 1270. The van der Waals surface area contributed by atoms with Crippen molar-refractivity contribution in [2.24, 2.45) is 23.9 Å². The van der Waals surface area contributed by atoms with Crippen molar-refractivity contribution < 1.29 is 9.53 Å². The molecule has 0 N–H and O–H groups in total. The molecule has 2 aliphatic heterocycles. The first kappa shape index (κ1) is 21.3. The number of amidine groups is 1. The molecule has 8 heteroatoms. The van der Waals surface area contributed by atoms with Crippen LogP contribution < -0.4 is 4.74 Å². The minimum Gasteiger partial charge on any atom is -0.494 e. The molecule has 2 aromatic rings. The van der Waals surface area contributed by atoms with Crippen molar-refractivity contribution in [2.45, 2.75) is 19.8 Å².